The molecule has 2 aliphatic rings. The van der Waals surface area contributed by atoms with Crippen LogP contribution in [0.2, 0.25) is 0 Å². The largest absolute Gasteiger partial charge is 0.313 e. The minimum absolute atomic E-state index is 0.642. The van der Waals surface area contributed by atoms with Gasteiger partial charge in [0.25, 0.3) is 0 Å². The first-order chi connectivity index (χ1) is 9.36. The maximum Gasteiger partial charge on any atom is 0.0439 e. The van der Waals surface area contributed by atoms with Crippen molar-refractivity contribution in [2.45, 2.75) is 51.1 Å². The van der Waals surface area contributed by atoms with Gasteiger partial charge in [-0.1, -0.05) is 13.0 Å². The lowest BCUT2D eigenvalue weighted by atomic mass is 10.1. The van der Waals surface area contributed by atoms with Crippen molar-refractivity contribution in [3.8, 4) is 0 Å². The number of hydrogen-bond acceptors (Lipinski definition) is 3. The fraction of sp³-hybridized carbons (Fsp3) is 0.750. The summed E-state index contributed by atoms with van der Waals surface area (Å²) in [4.78, 5) is 4.33. The standard InChI is InChI=1S/C16H26N2S/c1-2-15(16-6-4-10-19-16)18(11-13-7-8-13)12-14-5-3-9-17-14/h4,6,10,13-15,17H,2-3,5,7-9,11-12H2,1H3. The average Bonchev–Trinajstić information content (AvgIpc) is 2.90. The van der Waals surface area contributed by atoms with Crippen LogP contribution in [0.1, 0.15) is 49.9 Å². The quantitative estimate of drug-likeness (QED) is 0.819. The number of nitrogens with zero attached hydrogens (tertiary/aromatic N) is 1. The average molecular weight is 278 g/mol. The zero-order valence-electron chi connectivity index (χ0n) is 12.0. The Kier molecular flexibility index (Phi) is 4.57. The Bertz CT molecular complexity index is 366. The predicted octanol–water partition coefficient (Wildman–Crippen LogP) is 3.66. The van der Waals surface area contributed by atoms with Gasteiger partial charge in [-0.25, -0.2) is 0 Å². The van der Waals surface area contributed by atoms with Gasteiger partial charge in [0.1, 0.15) is 0 Å². The molecule has 1 aliphatic carbocycles. The molecule has 3 heteroatoms. The van der Waals surface area contributed by atoms with Gasteiger partial charge in [0.15, 0.2) is 0 Å². The second kappa shape index (κ2) is 6.38. The van der Waals surface area contributed by atoms with Crippen LogP contribution in [-0.2, 0) is 0 Å². The first-order valence-corrected chi connectivity index (χ1v) is 8.75. The fourth-order valence-corrected chi connectivity index (χ4v) is 4.22. The maximum absolute atomic E-state index is 3.67. The van der Waals surface area contributed by atoms with Crippen LogP contribution in [-0.4, -0.2) is 30.6 Å². The first kappa shape index (κ1) is 13.6. The predicted molar refractivity (Wildman–Crippen MR) is 82.7 cm³/mol. The molecule has 2 fully saturated rings. The Balaban J connectivity index is 1.68. The summed E-state index contributed by atoms with van der Waals surface area (Å²) in [6.45, 7) is 6.12. The van der Waals surface area contributed by atoms with Crippen molar-refractivity contribution in [3.05, 3.63) is 22.4 Å². The van der Waals surface area contributed by atoms with Crippen LogP contribution in [0.4, 0.5) is 0 Å². The molecule has 1 saturated carbocycles. The highest BCUT2D eigenvalue weighted by atomic mass is 32.1. The van der Waals surface area contributed by atoms with E-state index >= 15 is 0 Å². The van der Waals surface area contributed by atoms with Crippen LogP contribution >= 0.6 is 11.3 Å². The molecular formula is C16H26N2S. The van der Waals surface area contributed by atoms with Crippen molar-refractivity contribution < 1.29 is 0 Å². The molecule has 1 aromatic heterocycles. The number of thiophene rings is 1. The molecule has 3 rings (SSSR count). The first-order valence-electron chi connectivity index (χ1n) is 7.87. The van der Waals surface area contributed by atoms with Gasteiger partial charge in [-0.05, 0) is 56.0 Å². The molecule has 0 radical (unpaired) electrons. The van der Waals surface area contributed by atoms with E-state index in [1.807, 2.05) is 11.3 Å². The molecule has 2 nitrogen and oxygen atoms in total. The van der Waals surface area contributed by atoms with E-state index in [1.165, 1.54) is 51.7 Å². The third-order valence-corrected chi connectivity index (χ3v) is 5.48. The van der Waals surface area contributed by atoms with Gasteiger partial charge in [-0.15, -0.1) is 11.3 Å². The molecule has 2 atom stereocenters. The second-order valence-electron chi connectivity index (χ2n) is 6.13. The Hall–Kier alpha value is -0.380. The molecular weight excluding hydrogens is 252 g/mol. The Morgan fingerprint density at radius 2 is 2.26 bits per heavy atom. The topological polar surface area (TPSA) is 15.3 Å². The number of hydrogen-bond donors (Lipinski definition) is 1. The minimum atomic E-state index is 0.642. The summed E-state index contributed by atoms with van der Waals surface area (Å²) >= 11 is 1.93. The SMILES string of the molecule is CCC(c1cccs1)N(CC1CC1)CC1CCCN1. The van der Waals surface area contributed by atoms with Crippen LogP contribution < -0.4 is 5.32 Å². The second-order valence-corrected chi connectivity index (χ2v) is 7.11. The van der Waals surface area contributed by atoms with Gasteiger partial charge in [0.05, 0.1) is 0 Å². The lowest BCUT2D eigenvalue weighted by molar-refractivity contribution is 0.170. The Morgan fingerprint density at radius 3 is 2.84 bits per heavy atom. The van der Waals surface area contributed by atoms with Gasteiger partial charge < -0.3 is 5.32 Å². The van der Waals surface area contributed by atoms with E-state index < -0.39 is 0 Å². The molecule has 2 unspecified atom stereocenters. The summed E-state index contributed by atoms with van der Waals surface area (Å²) < 4.78 is 0. The van der Waals surface area contributed by atoms with Crippen molar-refractivity contribution >= 4 is 11.3 Å². The normalized spacial score (nSPS) is 25.1. The zero-order chi connectivity index (χ0) is 13.1. The van der Waals surface area contributed by atoms with Crippen LogP contribution in [0.15, 0.2) is 17.5 Å². The van der Waals surface area contributed by atoms with Gasteiger partial charge in [0.2, 0.25) is 0 Å². The van der Waals surface area contributed by atoms with Crippen LogP contribution in [0.5, 0.6) is 0 Å². The fourth-order valence-electron chi connectivity index (χ4n) is 3.28. The summed E-state index contributed by atoms with van der Waals surface area (Å²) in [6.07, 6.45) is 6.87. The monoisotopic (exact) mass is 278 g/mol. The van der Waals surface area contributed by atoms with E-state index in [0.717, 1.165) is 12.0 Å². The van der Waals surface area contributed by atoms with Crippen molar-refractivity contribution in [2.75, 3.05) is 19.6 Å². The number of rotatable bonds is 7. The summed E-state index contributed by atoms with van der Waals surface area (Å²) in [6, 6.07) is 5.89. The molecule has 19 heavy (non-hydrogen) atoms. The highest BCUT2D eigenvalue weighted by Gasteiger charge is 2.30. The van der Waals surface area contributed by atoms with E-state index in [4.69, 9.17) is 0 Å². The van der Waals surface area contributed by atoms with Gasteiger partial charge in [-0.2, -0.15) is 0 Å². The van der Waals surface area contributed by atoms with E-state index in [0.29, 0.717) is 6.04 Å². The van der Waals surface area contributed by atoms with E-state index in [9.17, 15) is 0 Å². The Labute approximate surface area is 121 Å². The molecule has 0 spiro atoms. The summed E-state index contributed by atoms with van der Waals surface area (Å²) in [7, 11) is 0. The van der Waals surface area contributed by atoms with Crippen molar-refractivity contribution in [3.63, 3.8) is 0 Å². The summed E-state index contributed by atoms with van der Waals surface area (Å²) in [5.41, 5.74) is 0. The van der Waals surface area contributed by atoms with E-state index in [-0.39, 0.29) is 0 Å². The molecule has 0 aromatic carbocycles. The zero-order valence-corrected chi connectivity index (χ0v) is 12.8. The minimum Gasteiger partial charge on any atom is -0.313 e. The molecule has 2 heterocycles. The summed E-state index contributed by atoms with van der Waals surface area (Å²) in [5, 5.41) is 5.89. The smallest absolute Gasteiger partial charge is 0.0439 e. The van der Waals surface area contributed by atoms with Crippen LogP contribution in [0, 0.1) is 5.92 Å². The van der Waals surface area contributed by atoms with E-state index in [2.05, 4.69) is 34.7 Å². The van der Waals surface area contributed by atoms with Crippen molar-refractivity contribution in [2.24, 2.45) is 5.92 Å². The highest BCUT2D eigenvalue weighted by Crippen LogP contribution is 2.35. The van der Waals surface area contributed by atoms with E-state index in [1.54, 1.807) is 4.88 Å². The molecule has 0 amide bonds. The maximum atomic E-state index is 3.67. The molecule has 1 aromatic rings. The lowest BCUT2D eigenvalue weighted by Crippen LogP contribution is -2.40. The molecule has 1 aliphatic heterocycles. The molecule has 1 saturated heterocycles. The van der Waals surface area contributed by atoms with Gasteiger partial charge in [0, 0.05) is 30.1 Å². The number of nitrogens with one attached hydrogen (secondary N) is 1. The lowest BCUT2D eigenvalue weighted by Gasteiger charge is -2.32. The van der Waals surface area contributed by atoms with Gasteiger partial charge >= 0.3 is 0 Å². The van der Waals surface area contributed by atoms with Crippen LogP contribution in [0.3, 0.4) is 0 Å². The summed E-state index contributed by atoms with van der Waals surface area (Å²) in [5.74, 6) is 0.982. The molecule has 0 bridgehead atoms. The highest BCUT2D eigenvalue weighted by molar-refractivity contribution is 7.10. The third kappa shape index (κ3) is 3.59. The van der Waals surface area contributed by atoms with Gasteiger partial charge in [-0.3, -0.25) is 4.90 Å². The van der Waals surface area contributed by atoms with Crippen molar-refractivity contribution in [1.29, 1.82) is 0 Å². The van der Waals surface area contributed by atoms with Crippen LogP contribution in [0.25, 0.3) is 0 Å². The Morgan fingerprint density at radius 1 is 1.37 bits per heavy atom. The third-order valence-electron chi connectivity index (χ3n) is 4.51. The molecule has 106 valence electrons. The van der Waals surface area contributed by atoms with Crippen molar-refractivity contribution in [1.82, 2.24) is 10.2 Å². The molecule has 1 N–H and O–H groups in total.